The number of hydrogen-bond acceptors (Lipinski definition) is 11. The fraction of sp³-hybridized carbons (Fsp3) is 0.500. The Morgan fingerprint density at radius 1 is 1.26 bits per heavy atom. The Morgan fingerprint density at radius 2 is 2.08 bits per heavy atom. The Labute approximate surface area is 234 Å². The fourth-order valence-corrected chi connectivity index (χ4v) is 7.14. The normalized spacial score (nSPS) is 19.4. The van der Waals surface area contributed by atoms with Gasteiger partial charge in [-0.15, -0.1) is 11.3 Å². The van der Waals surface area contributed by atoms with Crippen LogP contribution in [0.2, 0.25) is 0 Å². The standard InChI is InChI=1S/C26H31N9O2S2/c1-3-25(2,36)39-33-16-26(17-33,7-8-27)35-14-18(12-29-35)22-23-21(6-11-38-23)31-24(32-22)30-19-13-28-34(15-19)20-4-9-37-10-5-20/h6,11-15,20,36H,3-5,7,9-10,16-17H2,1-2H3,(H,30,31,32). The first-order valence-corrected chi connectivity index (χ1v) is 14.8. The molecule has 2 N–H and O–H groups in total. The van der Waals surface area contributed by atoms with E-state index in [1.807, 2.05) is 53.2 Å². The van der Waals surface area contributed by atoms with E-state index >= 15 is 0 Å². The molecule has 0 saturated carbocycles. The average molecular weight is 566 g/mol. The third-order valence-electron chi connectivity index (χ3n) is 7.40. The van der Waals surface area contributed by atoms with Crippen LogP contribution in [0.15, 0.2) is 36.2 Å². The number of thiophene rings is 1. The quantitative estimate of drug-likeness (QED) is 0.220. The molecule has 204 valence electrons. The van der Waals surface area contributed by atoms with Crippen molar-refractivity contribution in [1.29, 1.82) is 5.26 Å². The van der Waals surface area contributed by atoms with Crippen LogP contribution in [0, 0.1) is 11.3 Å². The lowest BCUT2D eigenvalue weighted by Crippen LogP contribution is -2.61. The molecular weight excluding hydrogens is 534 g/mol. The zero-order valence-electron chi connectivity index (χ0n) is 21.9. The number of nitrogens with zero attached hydrogens (tertiary/aromatic N) is 8. The van der Waals surface area contributed by atoms with Crippen LogP contribution in [0.3, 0.4) is 0 Å². The molecule has 4 aromatic rings. The molecule has 39 heavy (non-hydrogen) atoms. The molecule has 4 aromatic heterocycles. The van der Waals surface area contributed by atoms with Gasteiger partial charge < -0.3 is 15.2 Å². The summed E-state index contributed by atoms with van der Waals surface area (Å²) in [5.41, 5.74) is 2.92. The number of nitrogens with one attached hydrogen (secondary N) is 1. The summed E-state index contributed by atoms with van der Waals surface area (Å²) in [5, 5.41) is 34.6. The van der Waals surface area contributed by atoms with Crippen LogP contribution in [0.1, 0.15) is 45.6 Å². The molecule has 2 aliphatic rings. The van der Waals surface area contributed by atoms with E-state index in [2.05, 4.69) is 25.9 Å². The molecule has 6 heterocycles. The lowest BCUT2D eigenvalue weighted by molar-refractivity contribution is 0.0662. The summed E-state index contributed by atoms with van der Waals surface area (Å²) >= 11 is 3.02. The van der Waals surface area contributed by atoms with Crippen LogP contribution >= 0.6 is 23.3 Å². The SMILES string of the molecule is CCC(C)(O)SN1CC(CC#N)(n2cc(-c3nc(Nc4cnn(C5CCOCC5)c4)nc4ccsc34)cn2)C1. The van der Waals surface area contributed by atoms with E-state index in [0.29, 0.717) is 37.9 Å². The van der Waals surface area contributed by atoms with Crippen molar-refractivity contribution in [1.82, 2.24) is 33.8 Å². The molecule has 6 rings (SSSR count). The third-order valence-corrected chi connectivity index (χ3v) is 9.51. The maximum absolute atomic E-state index is 10.5. The highest BCUT2D eigenvalue weighted by atomic mass is 32.2. The van der Waals surface area contributed by atoms with Crippen LogP contribution in [-0.4, -0.2) is 70.2 Å². The Morgan fingerprint density at radius 3 is 2.85 bits per heavy atom. The minimum Gasteiger partial charge on any atom is -0.381 e. The minimum absolute atomic E-state index is 0.335. The van der Waals surface area contributed by atoms with E-state index in [9.17, 15) is 10.4 Å². The number of nitriles is 1. The Kier molecular flexibility index (Phi) is 7.07. The molecule has 1 atom stereocenters. The number of rotatable bonds is 9. The second-order valence-electron chi connectivity index (χ2n) is 10.4. The van der Waals surface area contributed by atoms with Crippen molar-refractivity contribution in [2.24, 2.45) is 0 Å². The molecule has 0 bridgehead atoms. The predicted octanol–water partition coefficient (Wildman–Crippen LogP) is 4.54. The summed E-state index contributed by atoms with van der Waals surface area (Å²) in [7, 11) is 0. The average Bonchev–Trinajstić information content (AvgIpc) is 3.68. The number of ether oxygens (including phenoxy) is 1. The van der Waals surface area contributed by atoms with E-state index in [4.69, 9.17) is 14.7 Å². The van der Waals surface area contributed by atoms with Crippen LogP contribution in [0.5, 0.6) is 0 Å². The lowest BCUT2D eigenvalue weighted by Gasteiger charge is -2.49. The maximum atomic E-state index is 10.5. The molecule has 13 heteroatoms. The van der Waals surface area contributed by atoms with E-state index in [1.54, 1.807) is 17.5 Å². The van der Waals surface area contributed by atoms with Gasteiger partial charge in [0.1, 0.15) is 10.5 Å². The van der Waals surface area contributed by atoms with Crippen molar-refractivity contribution in [3.05, 3.63) is 36.2 Å². The van der Waals surface area contributed by atoms with E-state index < -0.39 is 10.5 Å². The molecule has 2 fully saturated rings. The van der Waals surface area contributed by atoms with Crippen molar-refractivity contribution >= 4 is 45.1 Å². The molecule has 0 spiro atoms. The minimum atomic E-state index is -0.829. The zero-order valence-corrected chi connectivity index (χ0v) is 23.6. The predicted molar refractivity (Wildman–Crippen MR) is 152 cm³/mol. The number of fused-ring (bicyclic) bond motifs is 1. The highest BCUT2D eigenvalue weighted by Gasteiger charge is 2.47. The van der Waals surface area contributed by atoms with Gasteiger partial charge in [0.05, 0.1) is 52.5 Å². The van der Waals surface area contributed by atoms with Gasteiger partial charge in [-0.2, -0.15) is 15.5 Å². The van der Waals surface area contributed by atoms with Crippen molar-refractivity contribution < 1.29 is 9.84 Å². The molecule has 0 radical (unpaired) electrons. The summed E-state index contributed by atoms with van der Waals surface area (Å²) < 4.78 is 12.5. The number of aromatic nitrogens is 6. The van der Waals surface area contributed by atoms with Crippen molar-refractivity contribution in [3.63, 3.8) is 0 Å². The van der Waals surface area contributed by atoms with Crippen LogP contribution in [-0.2, 0) is 10.3 Å². The van der Waals surface area contributed by atoms with Crippen LogP contribution in [0.4, 0.5) is 11.6 Å². The highest BCUT2D eigenvalue weighted by molar-refractivity contribution is 7.98. The fourth-order valence-electron chi connectivity index (χ4n) is 5.00. The molecule has 0 aromatic carbocycles. The van der Waals surface area contributed by atoms with E-state index in [0.717, 1.165) is 53.2 Å². The Balaban J connectivity index is 1.25. The monoisotopic (exact) mass is 565 g/mol. The van der Waals surface area contributed by atoms with Crippen LogP contribution in [0.25, 0.3) is 21.5 Å². The Bertz CT molecular complexity index is 1490. The molecule has 1 unspecified atom stereocenters. The molecule has 11 nitrogen and oxygen atoms in total. The third kappa shape index (κ3) is 5.27. The molecule has 0 amide bonds. The topological polar surface area (TPSA) is 130 Å². The largest absolute Gasteiger partial charge is 0.381 e. The summed E-state index contributed by atoms with van der Waals surface area (Å²) in [6.45, 7) is 6.55. The van der Waals surface area contributed by atoms with Gasteiger partial charge in [-0.05, 0) is 49.6 Å². The molecule has 2 aliphatic heterocycles. The second kappa shape index (κ2) is 10.5. The molecule has 2 saturated heterocycles. The maximum Gasteiger partial charge on any atom is 0.228 e. The van der Waals surface area contributed by atoms with Crippen molar-refractivity contribution in [2.45, 2.75) is 56.0 Å². The smallest absolute Gasteiger partial charge is 0.228 e. The number of anilines is 2. The summed E-state index contributed by atoms with van der Waals surface area (Å²) in [6, 6.07) is 4.66. The van der Waals surface area contributed by atoms with Gasteiger partial charge in [-0.1, -0.05) is 6.92 Å². The number of aliphatic hydroxyl groups is 1. The van der Waals surface area contributed by atoms with Gasteiger partial charge in [-0.3, -0.25) is 9.36 Å². The van der Waals surface area contributed by atoms with E-state index in [-0.39, 0.29) is 0 Å². The van der Waals surface area contributed by atoms with Gasteiger partial charge in [0.15, 0.2) is 0 Å². The van der Waals surface area contributed by atoms with E-state index in [1.165, 1.54) is 11.9 Å². The lowest BCUT2D eigenvalue weighted by atomic mass is 9.89. The van der Waals surface area contributed by atoms with Gasteiger partial charge in [0.25, 0.3) is 0 Å². The summed E-state index contributed by atoms with van der Waals surface area (Å²) in [4.78, 5) is 8.79. The van der Waals surface area contributed by atoms with Crippen LogP contribution < -0.4 is 5.32 Å². The van der Waals surface area contributed by atoms with Gasteiger partial charge >= 0.3 is 0 Å². The molecular formula is C26H31N9O2S2. The second-order valence-corrected chi connectivity index (χ2v) is 12.9. The molecule has 0 aliphatic carbocycles. The zero-order chi connectivity index (χ0) is 27.0. The van der Waals surface area contributed by atoms with Gasteiger partial charge in [0.2, 0.25) is 5.95 Å². The first-order chi connectivity index (χ1) is 18.9. The van der Waals surface area contributed by atoms with Crippen molar-refractivity contribution in [2.75, 3.05) is 31.6 Å². The van der Waals surface area contributed by atoms with Gasteiger partial charge in [-0.25, -0.2) is 14.3 Å². The first-order valence-electron chi connectivity index (χ1n) is 13.1. The summed E-state index contributed by atoms with van der Waals surface area (Å²) in [5.74, 6) is 0.495. The van der Waals surface area contributed by atoms with Gasteiger partial charge in [0, 0.05) is 44.3 Å². The number of hydrogen-bond donors (Lipinski definition) is 2. The highest BCUT2D eigenvalue weighted by Crippen LogP contribution is 2.42. The first kappa shape index (κ1) is 26.2. The Hall–Kier alpha value is -3.02. The summed E-state index contributed by atoms with van der Waals surface area (Å²) in [6.07, 6.45) is 10.5. The van der Waals surface area contributed by atoms with Crippen molar-refractivity contribution in [3.8, 4) is 17.3 Å².